The molecule has 0 aliphatic carbocycles. The molecule has 17 heavy (non-hydrogen) atoms. The molecule has 3 rings (SSSR count). The molecule has 3 aromatic rings. The van der Waals surface area contributed by atoms with Gasteiger partial charge in [-0.3, -0.25) is 0 Å². The first-order valence-corrected chi connectivity index (χ1v) is 5.23. The van der Waals surface area contributed by atoms with E-state index in [1.807, 2.05) is 36.4 Å². The van der Waals surface area contributed by atoms with Crippen molar-refractivity contribution in [2.45, 2.75) is 0 Å². The van der Waals surface area contributed by atoms with Gasteiger partial charge in [-0.1, -0.05) is 48.5 Å². The van der Waals surface area contributed by atoms with Gasteiger partial charge in [-0.25, -0.2) is 0 Å². The average Bonchev–Trinajstić information content (AvgIpc) is 2.36. The van der Waals surface area contributed by atoms with Crippen LogP contribution in [0.5, 0.6) is 0 Å². The van der Waals surface area contributed by atoms with Crippen LogP contribution in [0, 0.1) is 0 Å². The van der Waals surface area contributed by atoms with Crippen molar-refractivity contribution in [3.63, 3.8) is 0 Å². The molecule has 86 valence electrons. The molecule has 0 heterocycles. The zero-order valence-corrected chi connectivity index (χ0v) is 10.00. The van der Waals surface area contributed by atoms with Crippen LogP contribution < -0.4 is 11.5 Å². The monoisotopic (exact) mass is 244 g/mol. The molecule has 4 N–H and O–H groups in total. The van der Waals surface area contributed by atoms with Gasteiger partial charge in [0.25, 0.3) is 0 Å². The molecule has 0 aliphatic rings. The number of anilines is 2. The molecular weight excluding hydrogens is 232 g/mol. The molecule has 3 aromatic carbocycles. The van der Waals surface area contributed by atoms with Gasteiger partial charge in [-0.2, -0.15) is 0 Å². The van der Waals surface area contributed by atoms with Crippen LogP contribution in [0.1, 0.15) is 0 Å². The van der Waals surface area contributed by atoms with Gasteiger partial charge < -0.3 is 11.5 Å². The smallest absolute Gasteiger partial charge is 0.0634 e. The highest BCUT2D eigenvalue weighted by atomic mass is 35.5. The van der Waals surface area contributed by atoms with Gasteiger partial charge in [0.1, 0.15) is 0 Å². The van der Waals surface area contributed by atoms with E-state index in [2.05, 4.69) is 12.1 Å². The lowest BCUT2D eigenvalue weighted by Gasteiger charge is -2.10. The van der Waals surface area contributed by atoms with E-state index in [9.17, 15) is 0 Å². The van der Waals surface area contributed by atoms with Gasteiger partial charge in [0.2, 0.25) is 0 Å². The molecule has 0 saturated heterocycles. The quantitative estimate of drug-likeness (QED) is 0.361. The lowest BCUT2D eigenvalue weighted by Crippen LogP contribution is -1.97. The van der Waals surface area contributed by atoms with Gasteiger partial charge in [-0.15, -0.1) is 12.4 Å². The number of nitrogen functional groups attached to an aromatic ring is 2. The highest BCUT2D eigenvalue weighted by molar-refractivity contribution is 6.18. The second-order valence-corrected chi connectivity index (χ2v) is 3.92. The Morgan fingerprint density at radius 1 is 0.529 bits per heavy atom. The molecule has 0 fully saturated rings. The highest BCUT2D eigenvalue weighted by Gasteiger charge is 2.08. The molecule has 0 amide bonds. The maximum absolute atomic E-state index is 6.06. The van der Waals surface area contributed by atoms with E-state index >= 15 is 0 Å². The minimum Gasteiger partial charge on any atom is -0.397 e. The molecule has 3 heteroatoms. The van der Waals surface area contributed by atoms with E-state index in [0.29, 0.717) is 11.4 Å². The Balaban J connectivity index is 0.00000108. The van der Waals surface area contributed by atoms with Gasteiger partial charge in [0.15, 0.2) is 0 Å². The second-order valence-electron chi connectivity index (χ2n) is 3.92. The first-order valence-electron chi connectivity index (χ1n) is 5.23. The topological polar surface area (TPSA) is 52.0 Å². The van der Waals surface area contributed by atoms with E-state index < -0.39 is 0 Å². The predicted molar refractivity (Wildman–Crippen MR) is 77.5 cm³/mol. The maximum Gasteiger partial charge on any atom is 0.0634 e. The van der Waals surface area contributed by atoms with Gasteiger partial charge in [-0.05, 0) is 10.8 Å². The zero-order chi connectivity index (χ0) is 11.1. The first-order chi connectivity index (χ1) is 7.79. The largest absolute Gasteiger partial charge is 0.397 e. The summed E-state index contributed by atoms with van der Waals surface area (Å²) in [5.41, 5.74) is 13.5. The van der Waals surface area contributed by atoms with Crippen molar-refractivity contribution in [2.24, 2.45) is 0 Å². The van der Waals surface area contributed by atoms with E-state index in [1.165, 1.54) is 0 Å². The maximum atomic E-state index is 6.06. The number of fused-ring (bicyclic) bond motifs is 3. The summed E-state index contributed by atoms with van der Waals surface area (Å²) in [6.07, 6.45) is 0. The summed E-state index contributed by atoms with van der Waals surface area (Å²) in [5.74, 6) is 0. The summed E-state index contributed by atoms with van der Waals surface area (Å²) in [5, 5.41) is 4.37. The van der Waals surface area contributed by atoms with Crippen LogP contribution in [0.2, 0.25) is 0 Å². The van der Waals surface area contributed by atoms with Crippen LogP contribution in [0.3, 0.4) is 0 Å². The molecule has 0 spiro atoms. The lowest BCUT2D eigenvalue weighted by atomic mass is 9.99. The second kappa shape index (κ2) is 4.15. The summed E-state index contributed by atoms with van der Waals surface area (Å²) in [6, 6.07) is 16.2. The van der Waals surface area contributed by atoms with Gasteiger partial charge in [0, 0.05) is 10.8 Å². The Morgan fingerprint density at radius 3 is 1.18 bits per heavy atom. The minimum absolute atomic E-state index is 0. The van der Waals surface area contributed by atoms with E-state index in [0.717, 1.165) is 21.5 Å². The van der Waals surface area contributed by atoms with Crippen LogP contribution in [-0.4, -0.2) is 0 Å². The van der Waals surface area contributed by atoms with Crippen molar-refractivity contribution in [1.29, 1.82) is 0 Å². The van der Waals surface area contributed by atoms with E-state index in [-0.39, 0.29) is 12.4 Å². The molecule has 0 aliphatic heterocycles. The molecule has 0 atom stereocenters. The van der Waals surface area contributed by atoms with Crippen LogP contribution in [0.15, 0.2) is 48.5 Å². The third-order valence-electron chi connectivity index (χ3n) is 3.01. The molecule has 0 bridgehead atoms. The average molecular weight is 245 g/mol. The van der Waals surface area contributed by atoms with Crippen molar-refractivity contribution in [2.75, 3.05) is 11.5 Å². The number of hydrogen-bond donors (Lipinski definition) is 2. The van der Waals surface area contributed by atoms with Crippen LogP contribution in [0.25, 0.3) is 21.5 Å². The lowest BCUT2D eigenvalue weighted by molar-refractivity contribution is 1.73. The minimum atomic E-state index is 0. The molecule has 0 unspecified atom stereocenters. The Kier molecular flexibility index (Phi) is 2.82. The number of rotatable bonds is 0. The number of halogens is 1. The van der Waals surface area contributed by atoms with Crippen molar-refractivity contribution in [1.82, 2.24) is 0 Å². The van der Waals surface area contributed by atoms with Crippen molar-refractivity contribution < 1.29 is 0 Å². The number of hydrogen-bond acceptors (Lipinski definition) is 2. The third kappa shape index (κ3) is 1.58. The normalized spacial score (nSPS) is 10.4. The number of benzene rings is 3. The number of nitrogens with two attached hydrogens (primary N) is 2. The Hall–Kier alpha value is -1.93. The molecule has 0 saturated carbocycles. The summed E-state index contributed by atoms with van der Waals surface area (Å²) in [7, 11) is 0. The van der Waals surface area contributed by atoms with E-state index in [1.54, 1.807) is 0 Å². The van der Waals surface area contributed by atoms with E-state index in [4.69, 9.17) is 11.5 Å². The fourth-order valence-corrected chi connectivity index (χ4v) is 2.20. The van der Waals surface area contributed by atoms with Crippen molar-refractivity contribution in [3.05, 3.63) is 48.5 Å². The molecule has 0 aromatic heterocycles. The standard InChI is InChI=1S/C14H12N2.ClH/c15-13-11-7-3-1-5-9(11)10-6-2-4-8-12(10)14(13)16;/h1-8H,15-16H2;1H. The summed E-state index contributed by atoms with van der Waals surface area (Å²) in [6.45, 7) is 0. The third-order valence-corrected chi connectivity index (χ3v) is 3.01. The van der Waals surface area contributed by atoms with Gasteiger partial charge >= 0.3 is 0 Å². The van der Waals surface area contributed by atoms with Crippen LogP contribution in [0.4, 0.5) is 11.4 Å². The zero-order valence-electron chi connectivity index (χ0n) is 9.18. The van der Waals surface area contributed by atoms with Crippen LogP contribution in [-0.2, 0) is 0 Å². The fraction of sp³-hybridized carbons (Fsp3) is 0. The summed E-state index contributed by atoms with van der Waals surface area (Å²) in [4.78, 5) is 0. The molecular formula is C14H13ClN2. The fourth-order valence-electron chi connectivity index (χ4n) is 2.20. The Morgan fingerprint density at radius 2 is 0.824 bits per heavy atom. The van der Waals surface area contributed by atoms with Gasteiger partial charge in [0.05, 0.1) is 11.4 Å². The summed E-state index contributed by atoms with van der Waals surface area (Å²) >= 11 is 0. The molecule has 0 radical (unpaired) electrons. The predicted octanol–water partition coefficient (Wildman–Crippen LogP) is 3.58. The Bertz CT molecular complexity index is 631. The van der Waals surface area contributed by atoms with Crippen molar-refractivity contribution in [3.8, 4) is 0 Å². The summed E-state index contributed by atoms with van der Waals surface area (Å²) < 4.78 is 0. The van der Waals surface area contributed by atoms with Crippen molar-refractivity contribution >= 4 is 45.3 Å². The SMILES string of the molecule is Cl.Nc1c(N)c2ccccc2c2ccccc12. The first kappa shape index (κ1) is 11.6. The molecule has 2 nitrogen and oxygen atoms in total. The highest BCUT2D eigenvalue weighted by Crippen LogP contribution is 2.35. The van der Waals surface area contributed by atoms with Crippen LogP contribution >= 0.6 is 12.4 Å². The Labute approximate surface area is 106 Å².